The quantitative estimate of drug-likeness (QED) is 0.399. The molecule has 1 atom stereocenters. The number of nitrogens with one attached hydrogen (secondary N) is 1. The van der Waals surface area contributed by atoms with Gasteiger partial charge in [-0.3, -0.25) is 4.79 Å². The molecule has 6 nitrogen and oxygen atoms in total. The van der Waals surface area contributed by atoms with Crippen LogP contribution < -0.4 is 5.32 Å². The van der Waals surface area contributed by atoms with E-state index in [0.717, 1.165) is 47.9 Å². The first-order chi connectivity index (χ1) is 13.6. The second-order valence-electron chi connectivity index (χ2n) is 7.19. The van der Waals surface area contributed by atoms with Gasteiger partial charge in [0.1, 0.15) is 5.52 Å². The van der Waals surface area contributed by atoms with Crippen molar-refractivity contribution in [3.05, 3.63) is 24.3 Å². The Bertz CT molecular complexity index is 939. The molecule has 0 radical (unpaired) electrons. The zero-order valence-electron chi connectivity index (χ0n) is 16.9. The van der Waals surface area contributed by atoms with Gasteiger partial charge >= 0.3 is 0 Å². The highest BCUT2D eigenvalue weighted by atomic mass is 32.2. The first kappa shape index (κ1) is 20.6. The van der Waals surface area contributed by atoms with Crippen LogP contribution in [0.5, 0.6) is 0 Å². The standard InChI is InChI=1S/C21H29N5OS/c1-4-6-7-10-15(3)22-18(27)14-28-21-23-20-19(24-25-21)16-11-8-9-12-17(16)26(20)13-5-2/h8-9,11-12,15H,4-7,10,13-14H2,1-3H3,(H,22,27). The van der Waals surface area contributed by atoms with Crippen molar-refractivity contribution in [2.75, 3.05) is 5.75 Å². The number of hydrogen-bond donors (Lipinski definition) is 1. The van der Waals surface area contributed by atoms with Crippen LogP contribution in [-0.2, 0) is 11.3 Å². The fraction of sp³-hybridized carbons (Fsp3) is 0.524. The van der Waals surface area contributed by atoms with Crippen LogP contribution in [-0.4, -0.2) is 37.5 Å². The number of carbonyl (C=O) groups excluding carboxylic acids is 1. The maximum absolute atomic E-state index is 12.2. The topological polar surface area (TPSA) is 72.7 Å². The Morgan fingerprint density at radius 2 is 2.00 bits per heavy atom. The second-order valence-corrected chi connectivity index (χ2v) is 8.13. The Balaban J connectivity index is 1.69. The van der Waals surface area contributed by atoms with Crippen LogP contribution >= 0.6 is 11.8 Å². The molecule has 0 aliphatic rings. The Morgan fingerprint density at radius 3 is 2.79 bits per heavy atom. The predicted molar refractivity (Wildman–Crippen MR) is 116 cm³/mol. The lowest BCUT2D eigenvalue weighted by molar-refractivity contribution is -0.119. The van der Waals surface area contributed by atoms with Crippen molar-refractivity contribution < 1.29 is 4.79 Å². The lowest BCUT2D eigenvalue weighted by Crippen LogP contribution is -2.33. The molecule has 0 aliphatic carbocycles. The molecule has 0 aliphatic heterocycles. The van der Waals surface area contributed by atoms with E-state index in [1.165, 1.54) is 24.6 Å². The molecule has 150 valence electrons. The van der Waals surface area contributed by atoms with Gasteiger partial charge in [-0.1, -0.05) is 63.1 Å². The number of rotatable bonds is 10. The van der Waals surface area contributed by atoms with E-state index in [2.05, 4.69) is 53.0 Å². The Morgan fingerprint density at radius 1 is 1.18 bits per heavy atom. The number of benzene rings is 1. The fourth-order valence-corrected chi connectivity index (χ4v) is 4.01. The number of amides is 1. The third-order valence-corrected chi connectivity index (χ3v) is 5.62. The zero-order valence-corrected chi connectivity index (χ0v) is 17.8. The van der Waals surface area contributed by atoms with Gasteiger partial charge in [-0.05, 0) is 25.8 Å². The first-order valence-corrected chi connectivity index (χ1v) is 11.2. The molecular weight excluding hydrogens is 370 g/mol. The lowest BCUT2D eigenvalue weighted by Gasteiger charge is -2.13. The van der Waals surface area contributed by atoms with Crippen LogP contribution in [0.25, 0.3) is 22.1 Å². The summed E-state index contributed by atoms with van der Waals surface area (Å²) in [5, 5.41) is 13.3. The molecule has 3 rings (SSSR count). The van der Waals surface area contributed by atoms with Gasteiger partial charge in [-0.15, -0.1) is 10.2 Å². The van der Waals surface area contributed by atoms with E-state index < -0.39 is 0 Å². The molecule has 2 aromatic heterocycles. The SMILES string of the molecule is CCCCCC(C)NC(=O)CSc1nnc2c3ccccc3n(CCC)c2n1. The number of hydrogen-bond acceptors (Lipinski definition) is 5. The average molecular weight is 400 g/mol. The normalized spacial score (nSPS) is 12.5. The number of para-hydroxylation sites is 1. The van der Waals surface area contributed by atoms with Crippen molar-refractivity contribution in [1.82, 2.24) is 25.1 Å². The minimum absolute atomic E-state index is 0.0202. The molecule has 3 aromatic rings. The van der Waals surface area contributed by atoms with Crippen LogP contribution in [0.3, 0.4) is 0 Å². The summed E-state index contributed by atoms with van der Waals surface area (Å²) in [6.07, 6.45) is 5.58. The third-order valence-electron chi connectivity index (χ3n) is 4.78. The largest absolute Gasteiger partial charge is 0.353 e. The molecule has 1 aromatic carbocycles. The second kappa shape index (κ2) is 9.87. The van der Waals surface area contributed by atoms with Crippen molar-refractivity contribution in [1.29, 1.82) is 0 Å². The van der Waals surface area contributed by atoms with Gasteiger partial charge in [0.05, 0.1) is 11.3 Å². The van der Waals surface area contributed by atoms with Gasteiger partial charge in [0.25, 0.3) is 0 Å². The molecule has 7 heteroatoms. The minimum atomic E-state index is 0.0202. The summed E-state index contributed by atoms with van der Waals surface area (Å²) < 4.78 is 2.19. The van der Waals surface area contributed by atoms with Crippen LogP contribution in [0.15, 0.2) is 29.4 Å². The molecule has 1 amide bonds. The maximum atomic E-state index is 12.2. The molecule has 1 unspecified atom stereocenters. The van der Waals surface area contributed by atoms with E-state index in [1.54, 1.807) is 0 Å². The summed E-state index contributed by atoms with van der Waals surface area (Å²) in [6, 6.07) is 8.39. The van der Waals surface area contributed by atoms with E-state index in [9.17, 15) is 4.79 Å². The maximum Gasteiger partial charge on any atom is 0.230 e. The summed E-state index contributed by atoms with van der Waals surface area (Å²) >= 11 is 1.34. The molecule has 1 N–H and O–H groups in total. The Kier molecular flexibility index (Phi) is 7.25. The van der Waals surface area contributed by atoms with Gasteiger partial charge in [0, 0.05) is 18.0 Å². The highest BCUT2D eigenvalue weighted by molar-refractivity contribution is 7.99. The summed E-state index contributed by atoms with van der Waals surface area (Å²) in [5.74, 6) is 0.325. The summed E-state index contributed by atoms with van der Waals surface area (Å²) in [7, 11) is 0. The highest BCUT2D eigenvalue weighted by Gasteiger charge is 2.15. The predicted octanol–water partition coefficient (Wildman–Crippen LogP) is 4.57. The number of aromatic nitrogens is 4. The first-order valence-electron chi connectivity index (χ1n) is 10.2. The Hall–Kier alpha value is -2.15. The number of carbonyl (C=O) groups is 1. The molecule has 28 heavy (non-hydrogen) atoms. The molecular formula is C21H29N5OS. The average Bonchev–Trinajstić information content (AvgIpc) is 3.00. The fourth-order valence-electron chi connectivity index (χ4n) is 3.42. The zero-order chi connectivity index (χ0) is 19.9. The van der Waals surface area contributed by atoms with Crippen LogP contribution in [0.4, 0.5) is 0 Å². The molecule has 0 bridgehead atoms. The monoisotopic (exact) mass is 399 g/mol. The van der Waals surface area contributed by atoms with Crippen molar-refractivity contribution in [2.45, 2.75) is 70.6 Å². The van der Waals surface area contributed by atoms with Gasteiger partial charge in [0.2, 0.25) is 11.1 Å². The minimum Gasteiger partial charge on any atom is -0.353 e. The third kappa shape index (κ3) is 4.82. The van der Waals surface area contributed by atoms with Crippen LogP contribution in [0.1, 0.15) is 52.9 Å². The number of fused-ring (bicyclic) bond motifs is 3. The number of nitrogens with zero attached hydrogens (tertiary/aromatic N) is 4. The van der Waals surface area contributed by atoms with Gasteiger partial charge in [0.15, 0.2) is 5.65 Å². The summed E-state index contributed by atoms with van der Waals surface area (Å²) in [4.78, 5) is 16.9. The van der Waals surface area contributed by atoms with E-state index in [1.807, 2.05) is 12.1 Å². The van der Waals surface area contributed by atoms with Crippen molar-refractivity contribution in [3.8, 4) is 0 Å². The lowest BCUT2D eigenvalue weighted by atomic mass is 10.1. The molecule has 2 heterocycles. The van der Waals surface area contributed by atoms with Gasteiger partial charge in [-0.25, -0.2) is 4.98 Å². The molecule has 0 fully saturated rings. The number of unbranched alkanes of at least 4 members (excludes halogenated alkanes) is 2. The molecule has 0 spiro atoms. The van der Waals surface area contributed by atoms with Crippen LogP contribution in [0.2, 0.25) is 0 Å². The number of thioether (sulfide) groups is 1. The smallest absolute Gasteiger partial charge is 0.230 e. The number of aryl methyl sites for hydroxylation is 1. The van der Waals surface area contributed by atoms with E-state index in [-0.39, 0.29) is 11.9 Å². The summed E-state index contributed by atoms with van der Waals surface area (Å²) in [5.41, 5.74) is 2.79. The van der Waals surface area contributed by atoms with Gasteiger partial charge < -0.3 is 9.88 Å². The van der Waals surface area contributed by atoms with E-state index >= 15 is 0 Å². The van der Waals surface area contributed by atoms with Crippen molar-refractivity contribution in [3.63, 3.8) is 0 Å². The van der Waals surface area contributed by atoms with E-state index in [0.29, 0.717) is 10.9 Å². The molecule has 0 saturated heterocycles. The van der Waals surface area contributed by atoms with Crippen molar-refractivity contribution >= 4 is 39.7 Å². The van der Waals surface area contributed by atoms with Crippen LogP contribution in [0, 0.1) is 0 Å². The van der Waals surface area contributed by atoms with E-state index in [4.69, 9.17) is 4.98 Å². The Labute approximate surface area is 170 Å². The van der Waals surface area contributed by atoms with Crippen molar-refractivity contribution in [2.24, 2.45) is 0 Å². The van der Waals surface area contributed by atoms with Gasteiger partial charge in [-0.2, -0.15) is 0 Å². The molecule has 0 saturated carbocycles. The summed E-state index contributed by atoms with van der Waals surface area (Å²) in [6.45, 7) is 7.27. The highest BCUT2D eigenvalue weighted by Crippen LogP contribution is 2.27.